The van der Waals surface area contributed by atoms with Crippen LogP contribution in [0.2, 0.25) is 0 Å². The van der Waals surface area contributed by atoms with Crippen molar-refractivity contribution in [1.29, 1.82) is 0 Å². The van der Waals surface area contributed by atoms with Crippen LogP contribution < -0.4 is 0 Å². The molecule has 2 nitrogen and oxygen atoms in total. The summed E-state index contributed by atoms with van der Waals surface area (Å²) in [5.74, 6) is 0.832. The Labute approximate surface area is 145 Å². The lowest BCUT2D eigenvalue weighted by Crippen LogP contribution is -2.56. The Balaban J connectivity index is 1.80. The van der Waals surface area contributed by atoms with E-state index in [1.807, 2.05) is 6.92 Å². The van der Waals surface area contributed by atoms with Gasteiger partial charge in [-0.05, 0) is 62.4 Å². The Hall–Kier alpha value is -1.64. The van der Waals surface area contributed by atoms with Crippen LogP contribution in [-0.2, 0) is 5.60 Å². The number of aryl methyl sites for hydroxylation is 1. The van der Waals surface area contributed by atoms with Crippen molar-refractivity contribution in [3.05, 3.63) is 71.3 Å². The largest absolute Gasteiger partial charge is 0.385 e. The van der Waals surface area contributed by atoms with Crippen LogP contribution in [0.4, 0.5) is 0 Å². The lowest BCUT2D eigenvalue weighted by atomic mass is 9.62. The number of aliphatic hydroxyl groups is 1. The van der Waals surface area contributed by atoms with Gasteiger partial charge in [0.05, 0.1) is 5.60 Å². The molecular formula is C22H27NO. The first-order valence-electron chi connectivity index (χ1n) is 9.16. The van der Waals surface area contributed by atoms with Crippen molar-refractivity contribution in [2.45, 2.75) is 38.3 Å². The van der Waals surface area contributed by atoms with Crippen LogP contribution in [0.3, 0.4) is 0 Å². The monoisotopic (exact) mass is 321 g/mol. The van der Waals surface area contributed by atoms with Gasteiger partial charge in [0, 0.05) is 12.0 Å². The minimum atomic E-state index is -0.810. The minimum Gasteiger partial charge on any atom is -0.385 e. The Morgan fingerprint density at radius 3 is 2.25 bits per heavy atom. The summed E-state index contributed by atoms with van der Waals surface area (Å²) in [7, 11) is 0. The topological polar surface area (TPSA) is 23.5 Å². The summed E-state index contributed by atoms with van der Waals surface area (Å²) in [5, 5.41) is 11.7. The molecule has 0 amide bonds. The summed E-state index contributed by atoms with van der Waals surface area (Å²) in [5.41, 5.74) is 2.81. The maximum absolute atomic E-state index is 11.7. The van der Waals surface area contributed by atoms with Crippen LogP contribution in [0.15, 0.2) is 54.6 Å². The second kappa shape index (κ2) is 6.02. The molecule has 0 saturated carbocycles. The highest BCUT2D eigenvalue weighted by Gasteiger charge is 2.51. The minimum absolute atomic E-state index is 0.239. The first-order valence-corrected chi connectivity index (χ1v) is 9.16. The fourth-order valence-corrected chi connectivity index (χ4v) is 5.20. The molecule has 2 heteroatoms. The molecule has 5 rings (SSSR count). The highest BCUT2D eigenvalue weighted by molar-refractivity contribution is 5.34. The highest BCUT2D eigenvalue weighted by atomic mass is 16.3. The molecule has 0 aliphatic carbocycles. The van der Waals surface area contributed by atoms with Crippen LogP contribution >= 0.6 is 0 Å². The molecule has 2 aromatic carbocycles. The number of rotatable bonds is 3. The molecule has 2 aromatic rings. The van der Waals surface area contributed by atoms with E-state index in [0.717, 1.165) is 18.7 Å². The predicted octanol–water partition coefficient (Wildman–Crippen LogP) is 4.29. The van der Waals surface area contributed by atoms with E-state index >= 15 is 0 Å². The quantitative estimate of drug-likeness (QED) is 0.912. The lowest BCUT2D eigenvalue weighted by molar-refractivity contribution is -0.127. The molecule has 2 bridgehead atoms. The smallest absolute Gasteiger partial charge is 0.0920 e. The van der Waals surface area contributed by atoms with Gasteiger partial charge in [-0.15, -0.1) is 0 Å². The second-order valence-electron chi connectivity index (χ2n) is 7.72. The maximum Gasteiger partial charge on any atom is 0.0920 e. The Kier molecular flexibility index (Phi) is 3.98. The van der Waals surface area contributed by atoms with Crippen molar-refractivity contribution in [2.75, 3.05) is 13.1 Å². The molecule has 0 aromatic heterocycles. The van der Waals surface area contributed by atoms with Gasteiger partial charge < -0.3 is 5.11 Å². The van der Waals surface area contributed by atoms with Gasteiger partial charge in [0.1, 0.15) is 0 Å². The molecule has 3 saturated heterocycles. The molecule has 3 aliphatic heterocycles. The molecule has 3 fully saturated rings. The Morgan fingerprint density at radius 2 is 1.58 bits per heavy atom. The zero-order valence-electron chi connectivity index (χ0n) is 14.7. The number of nitrogens with zero attached hydrogens (tertiary/aromatic N) is 1. The summed E-state index contributed by atoms with van der Waals surface area (Å²) in [6, 6.07) is 19.4. The lowest BCUT2D eigenvalue weighted by Gasteiger charge is -2.56. The molecule has 3 aliphatic rings. The number of benzene rings is 2. The van der Waals surface area contributed by atoms with Crippen molar-refractivity contribution in [3.8, 4) is 0 Å². The standard InChI is InChI=1S/C22H27NO/c1-16-8-6-7-11-19(16)22(2,24)20-17-12-14-23(15-13-17)21(20)18-9-4-3-5-10-18/h3-11,17,20-21,24H,12-15H2,1-2H3. The molecule has 0 spiro atoms. The van der Waals surface area contributed by atoms with Crippen molar-refractivity contribution in [2.24, 2.45) is 11.8 Å². The van der Waals surface area contributed by atoms with Crippen molar-refractivity contribution in [1.82, 2.24) is 4.90 Å². The normalized spacial score (nSPS) is 31.6. The van der Waals surface area contributed by atoms with E-state index in [9.17, 15) is 5.11 Å². The molecule has 3 heterocycles. The SMILES string of the molecule is Cc1ccccc1C(C)(O)C1C2CCN(CC2)C1c1ccccc1. The van der Waals surface area contributed by atoms with Gasteiger partial charge in [-0.25, -0.2) is 0 Å². The summed E-state index contributed by atoms with van der Waals surface area (Å²) < 4.78 is 0. The molecule has 3 unspecified atom stereocenters. The summed E-state index contributed by atoms with van der Waals surface area (Å²) in [4.78, 5) is 2.59. The van der Waals surface area contributed by atoms with E-state index in [1.165, 1.54) is 24.0 Å². The zero-order chi connectivity index (χ0) is 16.7. The average molecular weight is 321 g/mol. The van der Waals surface area contributed by atoms with Gasteiger partial charge in [-0.3, -0.25) is 4.90 Å². The van der Waals surface area contributed by atoms with Gasteiger partial charge >= 0.3 is 0 Å². The fourth-order valence-electron chi connectivity index (χ4n) is 5.20. The van der Waals surface area contributed by atoms with E-state index in [2.05, 4.69) is 66.4 Å². The van der Waals surface area contributed by atoms with E-state index < -0.39 is 5.60 Å². The Bertz CT molecular complexity index is 701. The summed E-state index contributed by atoms with van der Waals surface area (Å²) in [6.45, 7) is 6.47. The van der Waals surface area contributed by atoms with Crippen molar-refractivity contribution >= 4 is 0 Å². The zero-order valence-corrected chi connectivity index (χ0v) is 14.7. The van der Waals surface area contributed by atoms with Crippen molar-refractivity contribution < 1.29 is 5.11 Å². The highest BCUT2D eigenvalue weighted by Crippen LogP contribution is 2.53. The van der Waals surface area contributed by atoms with Crippen molar-refractivity contribution in [3.63, 3.8) is 0 Å². The second-order valence-corrected chi connectivity index (χ2v) is 7.72. The van der Waals surface area contributed by atoms with E-state index in [1.54, 1.807) is 0 Å². The van der Waals surface area contributed by atoms with E-state index in [-0.39, 0.29) is 5.92 Å². The molecular weight excluding hydrogens is 294 g/mol. The number of hydrogen-bond acceptors (Lipinski definition) is 2. The first kappa shape index (κ1) is 15.9. The van der Waals surface area contributed by atoms with Gasteiger partial charge in [0.25, 0.3) is 0 Å². The third kappa shape index (κ3) is 2.49. The molecule has 24 heavy (non-hydrogen) atoms. The van der Waals surface area contributed by atoms with Gasteiger partial charge in [-0.1, -0.05) is 54.6 Å². The van der Waals surface area contributed by atoms with Gasteiger partial charge in [-0.2, -0.15) is 0 Å². The third-order valence-electron chi connectivity index (χ3n) is 6.30. The van der Waals surface area contributed by atoms with E-state index in [0.29, 0.717) is 12.0 Å². The molecule has 1 N–H and O–H groups in total. The molecule has 0 radical (unpaired) electrons. The third-order valence-corrected chi connectivity index (χ3v) is 6.30. The van der Waals surface area contributed by atoms with Crippen LogP contribution in [0.5, 0.6) is 0 Å². The van der Waals surface area contributed by atoms with Gasteiger partial charge in [0.15, 0.2) is 0 Å². The number of piperidine rings is 3. The molecule has 3 atom stereocenters. The van der Waals surface area contributed by atoms with Crippen LogP contribution in [0.1, 0.15) is 42.5 Å². The van der Waals surface area contributed by atoms with E-state index in [4.69, 9.17) is 0 Å². The Morgan fingerprint density at radius 1 is 0.958 bits per heavy atom. The fraction of sp³-hybridized carbons (Fsp3) is 0.455. The van der Waals surface area contributed by atoms with Gasteiger partial charge in [0.2, 0.25) is 0 Å². The maximum atomic E-state index is 11.7. The van der Waals surface area contributed by atoms with Crippen LogP contribution in [0, 0.1) is 18.8 Å². The number of hydrogen-bond donors (Lipinski definition) is 1. The summed E-state index contributed by atoms with van der Waals surface area (Å²) in [6.07, 6.45) is 2.41. The van der Waals surface area contributed by atoms with Crippen LogP contribution in [0.25, 0.3) is 0 Å². The first-order chi connectivity index (χ1) is 11.6. The average Bonchev–Trinajstić information content (AvgIpc) is 2.63. The molecule has 126 valence electrons. The summed E-state index contributed by atoms with van der Waals surface area (Å²) >= 11 is 0. The number of fused-ring (bicyclic) bond motifs is 3. The predicted molar refractivity (Wildman–Crippen MR) is 97.7 cm³/mol. The van der Waals surface area contributed by atoms with Crippen LogP contribution in [-0.4, -0.2) is 23.1 Å².